The molecule has 2 aliphatic heterocycles. The third-order valence-corrected chi connectivity index (χ3v) is 5.45. The van der Waals surface area contributed by atoms with E-state index in [9.17, 15) is 10.2 Å². The standard InChI is InChI=1S/C17H29N5O2/c1-12-6-16(20-17(18)19-12)22-8-14(15(9-22)11-24)7-21-4-2-13(10-23)3-5-21/h6,13-15,23-24H,2-5,7-11H2,1H3,(H2,18,19,20)/t14-,15-/m1/s1. The number of piperidine rings is 1. The Morgan fingerprint density at radius 2 is 1.83 bits per heavy atom. The van der Waals surface area contributed by atoms with Gasteiger partial charge in [-0.15, -0.1) is 0 Å². The van der Waals surface area contributed by atoms with Gasteiger partial charge in [-0.1, -0.05) is 0 Å². The van der Waals surface area contributed by atoms with Crippen LogP contribution in [0.5, 0.6) is 0 Å². The van der Waals surface area contributed by atoms with Crippen molar-refractivity contribution >= 4 is 11.8 Å². The molecule has 24 heavy (non-hydrogen) atoms. The number of aliphatic hydroxyl groups is 2. The molecule has 134 valence electrons. The molecule has 3 rings (SSSR count). The molecular weight excluding hydrogens is 306 g/mol. The number of nitrogens with two attached hydrogens (primary N) is 1. The van der Waals surface area contributed by atoms with Crippen LogP contribution in [0.3, 0.4) is 0 Å². The molecule has 4 N–H and O–H groups in total. The lowest BCUT2D eigenvalue weighted by molar-refractivity contribution is 0.106. The molecule has 2 atom stereocenters. The Labute approximate surface area is 143 Å². The van der Waals surface area contributed by atoms with E-state index in [4.69, 9.17) is 5.73 Å². The lowest BCUT2D eigenvalue weighted by Crippen LogP contribution is -2.40. The second-order valence-corrected chi connectivity index (χ2v) is 7.26. The number of nitrogens with zero attached hydrogens (tertiary/aromatic N) is 4. The highest BCUT2D eigenvalue weighted by molar-refractivity contribution is 5.44. The van der Waals surface area contributed by atoms with E-state index in [1.807, 2.05) is 13.0 Å². The quantitative estimate of drug-likeness (QED) is 0.703. The number of nitrogen functional groups attached to an aromatic ring is 1. The molecule has 0 unspecified atom stereocenters. The first kappa shape index (κ1) is 17.4. The summed E-state index contributed by atoms with van der Waals surface area (Å²) in [6.45, 7) is 7.21. The zero-order valence-corrected chi connectivity index (χ0v) is 14.4. The Hall–Kier alpha value is -1.44. The van der Waals surface area contributed by atoms with Crippen molar-refractivity contribution in [2.24, 2.45) is 17.8 Å². The van der Waals surface area contributed by atoms with Crippen molar-refractivity contribution < 1.29 is 10.2 Å². The second kappa shape index (κ2) is 7.63. The molecular formula is C17H29N5O2. The van der Waals surface area contributed by atoms with Crippen LogP contribution in [0.4, 0.5) is 11.8 Å². The molecule has 2 fully saturated rings. The molecule has 0 saturated carbocycles. The highest BCUT2D eigenvalue weighted by atomic mass is 16.3. The molecule has 0 spiro atoms. The van der Waals surface area contributed by atoms with Crippen molar-refractivity contribution in [3.63, 3.8) is 0 Å². The molecule has 0 amide bonds. The smallest absolute Gasteiger partial charge is 0.222 e. The Kier molecular flexibility index (Phi) is 5.53. The lowest BCUT2D eigenvalue weighted by Gasteiger charge is -2.33. The minimum absolute atomic E-state index is 0.202. The molecule has 0 aliphatic carbocycles. The average Bonchev–Trinajstić information content (AvgIpc) is 2.97. The van der Waals surface area contributed by atoms with Crippen LogP contribution in [-0.4, -0.2) is 71.0 Å². The van der Waals surface area contributed by atoms with Crippen molar-refractivity contribution in [3.8, 4) is 0 Å². The summed E-state index contributed by atoms with van der Waals surface area (Å²) in [5.41, 5.74) is 6.65. The van der Waals surface area contributed by atoms with E-state index in [2.05, 4.69) is 19.8 Å². The molecule has 7 nitrogen and oxygen atoms in total. The largest absolute Gasteiger partial charge is 0.396 e. The van der Waals surface area contributed by atoms with Crippen LogP contribution < -0.4 is 10.6 Å². The fourth-order valence-electron chi connectivity index (χ4n) is 3.96. The molecule has 1 aromatic heterocycles. The van der Waals surface area contributed by atoms with Gasteiger partial charge in [0.05, 0.1) is 0 Å². The summed E-state index contributed by atoms with van der Waals surface area (Å²) >= 11 is 0. The number of anilines is 2. The third kappa shape index (κ3) is 3.96. The van der Waals surface area contributed by atoms with Gasteiger partial charge in [0, 0.05) is 50.5 Å². The maximum atomic E-state index is 9.78. The van der Waals surface area contributed by atoms with Gasteiger partial charge in [-0.3, -0.25) is 0 Å². The number of hydrogen-bond acceptors (Lipinski definition) is 7. The fourth-order valence-corrected chi connectivity index (χ4v) is 3.96. The van der Waals surface area contributed by atoms with Gasteiger partial charge in [-0.25, -0.2) is 4.98 Å². The van der Waals surface area contributed by atoms with Crippen molar-refractivity contribution in [3.05, 3.63) is 11.8 Å². The summed E-state index contributed by atoms with van der Waals surface area (Å²) in [6.07, 6.45) is 2.14. The van der Waals surface area contributed by atoms with Crippen LogP contribution in [0.1, 0.15) is 18.5 Å². The van der Waals surface area contributed by atoms with Gasteiger partial charge in [0.15, 0.2) is 0 Å². The van der Waals surface area contributed by atoms with Crippen LogP contribution in [-0.2, 0) is 0 Å². The number of likely N-dealkylation sites (tertiary alicyclic amines) is 1. The Morgan fingerprint density at radius 1 is 1.12 bits per heavy atom. The van der Waals surface area contributed by atoms with Crippen molar-refractivity contribution in [1.29, 1.82) is 0 Å². The summed E-state index contributed by atoms with van der Waals surface area (Å²) in [6, 6.07) is 1.96. The summed E-state index contributed by atoms with van der Waals surface area (Å²) in [5.74, 6) is 2.32. The predicted molar refractivity (Wildman–Crippen MR) is 93.7 cm³/mol. The number of hydrogen-bond donors (Lipinski definition) is 3. The van der Waals surface area contributed by atoms with Crippen LogP contribution >= 0.6 is 0 Å². The van der Waals surface area contributed by atoms with Crippen LogP contribution in [0.15, 0.2) is 6.07 Å². The monoisotopic (exact) mass is 335 g/mol. The van der Waals surface area contributed by atoms with Crippen LogP contribution in [0.25, 0.3) is 0 Å². The number of rotatable bonds is 5. The van der Waals surface area contributed by atoms with E-state index in [0.717, 1.165) is 57.1 Å². The molecule has 2 aliphatic rings. The minimum atomic E-state index is 0.202. The second-order valence-electron chi connectivity index (χ2n) is 7.26. The third-order valence-electron chi connectivity index (χ3n) is 5.45. The molecule has 3 heterocycles. The maximum absolute atomic E-state index is 9.78. The average molecular weight is 335 g/mol. The SMILES string of the molecule is Cc1cc(N2C[C@@H](CN3CCC(CO)CC3)[C@@H](CO)C2)nc(N)n1. The molecule has 0 radical (unpaired) electrons. The van der Waals surface area contributed by atoms with E-state index in [-0.39, 0.29) is 12.5 Å². The Balaban J connectivity index is 1.62. The van der Waals surface area contributed by atoms with Crippen LogP contribution in [0.2, 0.25) is 0 Å². The van der Waals surface area contributed by atoms with Crippen molar-refractivity contribution in [1.82, 2.24) is 14.9 Å². The molecule has 7 heteroatoms. The summed E-state index contributed by atoms with van der Waals surface area (Å²) in [4.78, 5) is 13.2. The molecule has 2 saturated heterocycles. The Bertz CT molecular complexity index is 528. The van der Waals surface area contributed by atoms with Gasteiger partial charge >= 0.3 is 0 Å². The normalized spacial score (nSPS) is 26.2. The van der Waals surface area contributed by atoms with E-state index < -0.39 is 0 Å². The summed E-state index contributed by atoms with van der Waals surface area (Å²) in [5, 5.41) is 19.1. The van der Waals surface area contributed by atoms with Gasteiger partial charge in [0.1, 0.15) is 5.82 Å². The number of aromatic nitrogens is 2. The maximum Gasteiger partial charge on any atom is 0.222 e. The van der Waals surface area contributed by atoms with E-state index in [0.29, 0.717) is 24.4 Å². The number of aliphatic hydroxyl groups excluding tert-OH is 2. The number of aryl methyl sites for hydroxylation is 1. The first-order valence-corrected chi connectivity index (χ1v) is 8.89. The topological polar surface area (TPSA) is 98.7 Å². The van der Waals surface area contributed by atoms with Gasteiger partial charge in [-0.2, -0.15) is 4.98 Å². The Morgan fingerprint density at radius 3 is 2.46 bits per heavy atom. The van der Waals surface area contributed by atoms with E-state index in [1.54, 1.807) is 0 Å². The fraction of sp³-hybridized carbons (Fsp3) is 0.765. The molecule has 1 aromatic rings. The zero-order valence-electron chi connectivity index (χ0n) is 14.4. The van der Waals surface area contributed by atoms with E-state index >= 15 is 0 Å². The van der Waals surface area contributed by atoms with Gasteiger partial charge in [0.2, 0.25) is 5.95 Å². The summed E-state index contributed by atoms with van der Waals surface area (Å²) < 4.78 is 0. The van der Waals surface area contributed by atoms with Gasteiger partial charge in [0.25, 0.3) is 0 Å². The van der Waals surface area contributed by atoms with Crippen LogP contribution in [0, 0.1) is 24.7 Å². The first-order chi connectivity index (χ1) is 11.6. The molecule has 0 bridgehead atoms. The highest BCUT2D eigenvalue weighted by Crippen LogP contribution is 2.29. The van der Waals surface area contributed by atoms with Gasteiger partial charge in [-0.05, 0) is 44.7 Å². The van der Waals surface area contributed by atoms with E-state index in [1.165, 1.54) is 0 Å². The summed E-state index contributed by atoms with van der Waals surface area (Å²) in [7, 11) is 0. The van der Waals surface area contributed by atoms with Crippen molar-refractivity contribution in [2.45, 2.75) is 19.8 Å². The van der Waals surface area contributed by atoms with Crippen molar-refractivity contribution in [2.75, 3.05) is 56.6 Å². The molecule has 0 aromatic carbocycles. The highest BCUT2D eigenvalue weighted by Gasteiger charge is 2.35. The lowest BCUT2D eigenvalue weighted by atomic mass is 9.93. The predicted octanol–water partition coefficient (Wildman–Crippen LogP) is 0.116. The minimum Gasteiger partial charge on any atom is -0.396 e. The zero-order chi connectivity index (χ0) is 17.1. The first-order valence-electron chi connectivity index (χ1n) is 8.89. The van der Waals surface area contributed by atoms with Gasteiger partial charge < -0.3 is 25.7 Å².